The van der Waals surface area contributed by atoms with E-state index < -0.39 is 0 Å². The molecule has 2 N–H and O–H groups in total. The number of fused-ring (bicyclic) bond motifs is 1. The van der Waals surface area contributed by atoms with Crippen molar-refractivity contribution in [2.75, 3.05) is 12.3 Å². The van der Waals surface area contributed by atoms with Crippen LogP contribution in [0.25, 0.3) is 0 Å². The number of anilines is 1. The lowest BCUT2D eigenvalue weighted by Crippen LogP contribution is -2.36. The molecule has 0 spiro atoms. The van der Waals surface area contributed by atoms with Gasteiger partial charge >= 0.3 is 0 Å². The molecule has 3 rings (SSSR count). The van der Waals surface area contributed by atoms with Gasteiger partial charge in [-0.2, -0.15) is 5.10 Å². The Morgan fingerprint density at radius 3 is 3.00 bits per heavy atom. The van der Waals surface area contributed by atoms with Crippen LogP contribution in [0.5, 0.6) is 0 Å². The molecule has 0 saturated heterocycles. The third-order valence-corrected chi connectivity index (χ3v) is 3.55. The molecule has 1 aromatic carbocycles. The van der Waals surface area contributed by atoms with Crippen molar-refractivity contribution in [3.8, 4) is 0 Å². The van der Waals surface area contributed by atoms with E-state index in [1.54, 1.807) is 24.1 Å². The number of nitrogens with two attached hydrogens (primary N) is 1. The number of nitrogens with zero attached hydrogens (tertiary/aromatic N) is 3. The lowest BCUT2D eigenvalue weighted by molar-refractivity contribution is 0.0735. The highest BCUT2D eigenvalue weighted by molar-refractivity contribution is 5.94. The second-order valence-electron chi connectivity index (χ2n) is 4.86. The molecule has 0 saturated carbocycles. The quantitative estimate of drug-likeness (QED) is 0.780. The fraction of sp³-hybridized carbons (Fsp3) is 0.286. The Labute approximate surface area is 111 Å². The van der Waals surface area contributed by atoms with Gasteiger partial charge in [-0.1, -0.05) is 12.1 Å². The molecule has 2 heterocycles. The molecule has 0 atom stereocenters. The maximum atomic E-state index is 12.4. The highest BCUT2D eigenvalue weighted by Gasteiger charge is 2.23. The van der Waals surface area contributed by atoms with Crippen molar-refractivity contribution in [3.63, 3.8) is 0 Å². The van der Waals surface area contributed by atoms with E-state index in [-0.39, 0.29) is 5.91 Å². The van der Waals surface area contributed by atoms with Crippen LogP contribution >= 0.6 is 0 Å². The van der Waals surface area contributed by atoms with E-state index in [1.807, 2.05) is 17.0 Å². The molecule has 5 nitrogen and oxygen atoms in total. The molecule has 0 fully saturated rings. The highest BCUT2D eigenvalue weighted by atomic mass is 16.2. The second kappa shape index (κ2) is 4.42. The molecule has 0 aliphatic carbocycles. The monoisotopic (exact) mass is 256 g/mol. The van der Waals surface area contributed by atoms with Gasteiger partial charge in [-0.3, -0.25) is 9.48 Å². The Hall–Kier alpha value is -2.30. The van der Waals surface area contributed by atoms with Gasteiger partial charge in [0.25, 0.3) is 5.91 Å². The number of amides is 1. The van der Waals surface area contributed by atoms with Gasteiger partial charge in [0.05, 0.1) is 11.8 Å². The maximum absolute atomic E-state index is 12.4. The lowest BCUT2D eigenvalue weighted by Gasteiger charge is -2.29. The van der Waals surface area contributed by atoms with Gasteiger partial charge in [0, 0.05) is 32.0 Å². The average molecular weight is 256 g/mol. The first-order valence-electron chi connectivity index (χ1n) is 6.29. The summed E-state index contributed by atoms with van der Waals surface area (Å²) in [5.41, 5.74) is 9.70. The van der Waals surface area contributed by atoms with E-state index in [4.69, 9.17) is 5.73 Å². The lowest BCUT2D eigenvalue weighted by atomic mass is 9.98. The number of aryl methyl sites for hydroxylation is 1. The molecule has 5 heteroatoms. The summed E-state index contributed by atoms with van der Waals surface area (Å²) < 4.78 is 1.64. The van der Waals surface area contributed by atoms with Crippen LogP contribution in [0.1, 0.15) is 21.5 Å². The summed E-state index contributed by atoms with van der Waals surface area (Å²) in [7, 11) is 1.81. The zero-order valence-corrected chi connectivity index (χ0v) is 10.8. The summed E-state index contributed by atoms with van der Waals surface area (Å²) in [4.78, 5) is 14.2. The number of hydrogen-bond donors (Lipinski definition) is 1. The second-order valence-corrected chi connectivity index (χ2v) is 4.86. The van der Waals surface area contributed by atoms with Crippen molar-refractivity contribution in [1.29, 1.82) is 0 Å². The predicted octanol–water partition coefficient (Wildman–Crippen LogP) is 1.20. The number of hydrogen-bond acceptors (Lipinski definition) is 3. The molecule has 0 bridgehead atoms. The molecule has 1 aliphatic rings. The Balaban J connectivity index is 1.86. The van der Waals surface area contributed by atoms with Crippen LogP contribution < -0.4 is 5.73 Å². The van der Waals surface area contributed by atoms with Gasteiger partial charge in [0.15, 0.2) is 0 Å². The number of carbonyl (C=O) groups excluding carboxylic acids is 1. The molecule has 1 aliphatic heterocycles. The first-order valence-corrected chi connectivity index (χ1v) is 6.29. The molecule has 1 aromatic heterocycles. The van der Waals surface area contributed by atoms with Gasteiger partial charge in [-0.25, -0.2) is 0 Å². The first-order chi connectivity index (χ1) is 9.15. The summed E-state index contributed by atoms with van der Waals surface area (Å²) in [6.07, 6.45) is 4.20. The Morgan fingerprint density at radius 1 is 1.42 bits per heavy atom. The largest absolute Gasteiger partial charge is 0.398 e. The normalized spacial score (nSPS) is 14.3. The molecule has 19 heavy (non-hydrogen) atoms. The fourth-order valence-corrected chi connectivity index (χ4v) is 2.49. The van der Waals surface area contributed by atoms with E-state index in [0.29, 0.717) is 12.1 Å². The van der Waals surface area contributed by atoms with Crippen LogP contribution in [-0.2, 0) is 20.0 Å². The van der Waals surface area contributed by atoms with Crippen LogP contribution in [0, 0.1) is 0 Å². The summed E-state index contributed by atoms with van der Waals surface area (Å²) in [6.45, 7) is 1.31. The van der Waals surface area contributed by atoms with Gasteiger partial charge in [-0.15, -0.1) is 0 Å². The van der Waals surface area contributed by atoms with E-state index in [2.05, 4.69) is 11.2 Å². The van der Waals surface area contributed by atoms with Crippen LogP contribution in [0.15, 0.2) is 30.6 Å². The van der Waals surface area contributed by atoms with E-state index in [1.165, 1.54) is 5.56 Å². The van der Waals surface area contributed by atoms with Crippen molar-refractivity contribution in [2.45, 2.75) is 13.0 Å². The SMILES string of the molecule is Cn1cc(C(=O)N2CCc3cccc(N)c3C2)cn1. The van der Waals surface area contributed by atoms with Gasteiger partial charge in [0.1, 0.15) is 0 Å². The first kappa shape index (κ1) is 11.8. The fourth-order valence-electron chi connectivity index (χ4n) is 2.49. The summed E-state index contributed by atoms with van der Waals surface area (Å²) in [5, 5.41) is 4.04. The van der Waals surface area contributed by atoms with Gasteiger partial charge < -0.3 is 10.6 Å². The summed E-state index contributed by atoms with van der Waals surface area (Å²) in [6, 6.07) is 5.93. The Bertz CT molecular complexity index is 632. The third kappa shape index (κ3) is 2.07. The highest BCUT2D eigenvalue weighted by Crippen LogP contribution is 2.25. The van der Waals surface area contributed by atoms with Crippen LogP contribution in [0.4, 0.5) is 5.69 Å². The van der Waals surface area contributed by atoms with Crippen molar-refractivity contribution in [2.24, 2.45) is 7.05 Å². The van der Waals surface area contributed by atoms with E-state index >= 15 is 0 Å². The Morgan fingerprint density at radius 2 is 2.26 bits per heavy atom. The van der Waals surface area contributed by atoms with Crippen molar-refractivity contribution < 1.29 is 4.79 Å². The van der Waals surface area contributed by atoms with Gasteiger partial charge in [0.2, 0.25) is 0 Å². The predicted molar refractivity (Wildman–Crippen MR) is 72.5 cm³/mol. The Kier molecular flexibility index (Phi) is 2.74. The van der Waals surface area contributed by atoms with Gasteiger partial charge in [-0.05, 0) is 23.6 Å². The average Bonchev–Trinajstić information content (AvgIpc) is 2.85. The molecular formula is C14H16N4O. The van der Waals surface area contributed by atoms with Crippen LogP contribution in [0.2, 0.25) is 0 Å². The standard InChI is InChI=1S/C14H16N4O/c1-17-8-11(7-16-17)14(19)18-6-5-10-3-2-4-13(15)12(10)9-18/h2-4,7-8H,5-6,9,15H2,1H3. The molecule has 98 valence electrons. The van der Waals surface area contributed by atoms with Crippen molar-refractivity contribution in [3.05, 3.63) is 47.3 Å². The zero-order valence-electron chi connectivity index (χ0n) is 10.8. The minimum absolute atomic E-state index is 0.0157. The van der Waals surface area contributed by atoms with Crippen molar-refractivity contribution >= 4 is 11.6 Å². The molecular weight excluding hydrogens is 240 g/mol. The maximum Gasteiger partial charge on any atom is 0.257 e. The summed E-state index contributed by atoms with van der Waals surface area (Å²) >= 11 is 0. The number of benzene rings is 1. The number of nitrogen functional groups attached to an aromatic ring is 1. The van der Waals surface area contributed by atoms with Crippen LogP contribution in [-0.4, -0.2) is 27.1 Å². The molecule has 0 radical (unpaired) electrons. The number of carbonyl (C=O) groups is 1. The zero-order chi connectivity index (χ0) is 13.4. The smallest absolute Gasteiger partial charge is 0.257 e. The minimum Gasteiger partial charge on any atom is -0.398 e. The van der Waals surface area contributed by atoms with E-state index in [0.717, 1.165) is 24.2 Å². The van der Waals surface area contributed by atoms with Crippen LogP contribution in [0.3, 0.4) is 0 Å². The summed E-state index contributed by atoms with van der Waals surface area (Å²) in [5.74, 6) is 0.0157. The molecule has 2 aromatic rings. The number of rotatable bonds is 1. The third-order valence-electron chi connectivity index (χ3n) is 3.55. The minimum atomic E-state index is 0.0157. The molecule has 0 unspecified atom stereocenters. The van der Waals surface area contributed by atoms with E-state index in [9.17, 15) is 4.79 Å². The number of aromatic nitrogens is 2. The van der Waals surface area contributed by atoms with Crippen molar-refractivity contribution in [1.82, 2.24) is 14.7 Å². The topological polar surface area (TPSA) is 64.2 Å². The molecule has 1 amide bonds.